The number of fused-ring (bicyclic) bond motifs is 2. The summed E-state index contributed by atoms with van der Waals surface area (Å²) in [7, 11) is 0. The van der Waals surface area contributed by atoms with E-state index in [1.807, 2.05) is 6.07 Å². The van der Waals surface area contributed by atoms with E-state index in [1.165, 1.54) is 12.1 Å². The lowest BCUT2D eigenvalue weighted by Crippen LogP contribution is -2.26. The summed E-state index contributed by atoms with van der Waals surface area (Å²) in [5, 5.41) is 16.2. The zero-order valence-corrected chi connectivity index (χ0v) is 18.4. The van der Waals surface area contributed by atoms with Gasteiger partial charge in [-0.15, -0.1) is 0 Å². The molecular weight excluding hydrogens is 421 g/mol. The van der Waals surface area contributed by atoms with Gasteiger partial charge in [-0.25, -0.2) is 9.37 Å². The number of halogens is 1. The molecule has 7 nitrogen and oxygen atoms in total. The third-order valence-corrected chi connectivity index (χ3v) is 6.27. The van der Waals surface area contributed by atoms with E-state index >= 15 is 0 Å². The van der Waals surface area contributed by atoms with Crippen LogP contribution < -0.4 is 16.4 Å². The number of benzene rings is 2. The fourth-order valence-corrected chi connectivity index (χ4v) is 4.51. The molecule has 2 aliphatic rings. The molecule has 0 radical (unpaired) electrons. The van der Waals surface area contributed by atoms with E-state index in [9.17, 15) is 14.3 Å². The topological polar surface area (TPSA) is 104 Å². The van der Waals surface area contributed by atoms with Crippen molar-refractivity contribution in [3.63, 3.8) is 0 Å². The fourth-order valence-electron chi connectivity index (χ4n) is 4.51. The minimum absolute atomic E-state index is 0.0256. The molecule has 8 heteroatoms. The summed E-state index contributed by atoms with van der Waals surface area (Å²) in [6, 6.07) is 10.5. The molecule has 0 bridgehead atoms. The van der Waals surface area contributed by atoms with Gasteiger partial charge in [0.15, 0.2) is 5.78 Å². The maximum Gasteiger partial charge on any atom is 0.173 e. The van der Waals surface area contributed by atoms with Crippen LogP contribution in [0, 0.1) is 12.7 Å². The number of aromatic nitrogens is 1. The van der Waals surface area contributed by atoms with E-state index < -0.39 is 5.82 Å². The Kier molecular flexibility index (Phi) is 5.47. The second-order valence-electron chi connectivity index (χ2n) is 8.83. The van der Waals surface area contributed by atoms with E-state index in [0.717, 1.165) is 42.9 Å². The van der Waals surface area contributed by atoms with Gasteiger partial charge in [0, 0.05) is 50.0 Å². The van der Waals surface area contributed by atoms with Crippen molar-refractivity contribution in [1.29, 1.82) is 0 Å². The molecule has 0 unspecified atom stereocenters. The summed E-state index contributed by atoms with van der Waals surface area (Å²) in [6.07, 6.45) is 2.76. The highest BCUT2D eigenvalue weighted by Crippen LogP contribution is 2.35. The third-order valence-electron chi connectivity index (χ3n) is 6.27. The predicted molar refractivity (Wildman–Crippen MR) is 126 cm³/mol. The number of hydrogen-bond donors (Lipinski definition) is 4. The van der Waals surface area contributed by atoms with E-state index in [-0.39, 0.29) is 29.7 Å². The number of carbonyl (C=O) groups is 1. The van der Waals surface area contributed by atoms with E-state index in [4.69, 9.17) is 5.73 Å². The summed E-state index contributed by atoms with van der Waals surface area (Å²) in [5.41, 5.74) is 10.2. The number of Topliss-reactive ketones (excluding diaryl/α,β-unsaturated/α-hetero) is 1. The average Bonchev–Trinajstić information content (AvgIpc) is 3.11. The van der Waals surface area contributed by atoms with Gasteiger partial charge in [0.05, 0.1) is 16.9 Å². The van der Waals surface area contributed by atoms with Crippen LogP contribution in [-0.2, 0) is 13.0 Å². The molecule has 33 heavy (non-hydrogen) atoms. The Bertz CT molecular complexity index is 1250. The molecule has 1 atom stereocenters. The van der Waals surface area contributed by atoms with Gasteiger partial charge in [0.2, 0.25) is 0 Å². The zero-order valence-electron chi connectivity index (χ0n) is 18.4. The first-order valence-electron chi connectivity index (χ1n) is 11.0. The van der Waals surface area contributed by atoms with Crippen LogP contribution in [0.2, 0.25) is 0 Å². The van der Waals surface area contributed by atoms with E-state index in [1.54, 1.807) is 19.2 Å². The Balaban J connectivity index is 1.44. The average molecular weight is 448 g/mol. The Labute approximate surface area is 191 Å². The van der Waals surface area contributed by atoms with Crippen LogP contribution >= 0.6 is 0 Å². The fraction of sp³-hybridized carbons (Fsp3) is 0.280. The summed E-state index contributed by atoms with van der Waals surface area (Å²) in [6.45, 7) is 4.27. The number of ketones is 1. The molecular formula is C25H26FN5O2. The molecule has 0 amide bonds. The van der Waals surface area contributed by atoms with Gasteiger partial charge in [0.25, 0.3) is 0 Å². The predicted octanol–water partition coefficient (Wildman–Crippen LogP) is 3.99. The van der Waals surface area contributed by atoms with Crippen molar-refractivity contribution >= 4 is 28.7 Å². The number of phenolic OH excluding ortho intramolecular Hbond substituents is 1. The molecule has 5 N–H and O–H groups in total. The molecule has 1 saturated heterocycles. The number of aryl methyl sites for hydroxylation is 1. The first-order chi connectivity index (χ1) is 15.9. The SMILES string of the molecule is Cc1cc(F)c(Nc2ccnc3c2C(=O)Cc2cc(CN4CC[C@H](N)C4)ccc2N3)cc1O. The van der Waals surface area contributed by atoms with Crippen LogP contribution in [0.5, 0.6) is 5.75 Å². The minimum Gasteiger partial charge on any atom is -0.508 e. The maximum absolute atomic E-state index is 14.5. The van der Waals surface area contributed by atoms with Crippen LogP contribution in [0.25, 0.3) is 0 Å². The van der Waals surface area contributed by atoms with Crippen molar-refractivity contribution in [2.75, 3.05) is 23.7 Å². The van der Waals surface area contributed by atoms with Gasteiger partial charge in [-0.05, 0) is 48.2 Å². The maximum atomic E-state index is 14.5. The van der Waals surface area contributed by atoms with Crippen LogP contribution in [0.4, 0.5) is 27.3 Å². The van der Waals surface area contributed by atoms with Gasteiger partial charge in [-0.3, -0.25) is 9.69 Å². The van der Waals surface area contributed by atoms with Crippen LogP contribution in [-0.4, -0.2) is 39.9 Å². The number of nitrogens with two attached hydrogens (primary N) is 1. The number of aromatic hydroxyl groups is 1. The number of likely N-dealkylation sites (tertiary alicyclic amines) is 1. The molecule has 2 aromatic carbocycles. The Morgan fingerprint density at radius 3 is 2.91 bits per heavy atom. The van der Waals surface area contributed by atoms with Gasteiger partial charge in [-0.2, -0.15) is 0 Å². The first kappa shape index (κ1) is 21.4. The van der Waals surface area contributed by atoms with E-state index in [0.29, 0.717) is 22.6 Å². The van der Waals surface area contributed by atoms with Crippen molar-refractivity contribution in [2.45, 2.75) is 32.4 Å². The molecule has 1 aromatic heterocycles. The van der Waals surface area contributed by atoms with Crippen molar-refractivity contribution < 1.29 is 14.3 Å². The van der Waals surface area contributed by atoms with Crippen LogP contribution in [0.15, 0.2) is 42.6 Å². The Hall–Kier alpha value is -3.49. The number of anilines is 4. The minimum atomic E-state index is -0.514. The Morgan fingerprint density at radius 1 is 1.27 bits per heavy atom. The van der Waals surface area contributed by atoms with Crippen molar-refractivity contribution in [3.8, 4) is 5.75 Å². The molecule has 3 aromatic rings. The summed E-state index contributed by atoms with van der Waals surface area (Å²) in [5.74, 6) is -0.246. The number of nitrogens with one attached hydrogen (secondary N) is 2. The number of rotatable bonds is 4. The smallest absolute Gasteiger partial charge is 0.173 e. The summed E-state index contributed by atoms with van der Waals surface area (Å²) < 4.78 is 14.5. The van der Waals surface area contributed by atoms with E-state index in [2.05, 4.69) is 32.7 Å². The summed E-state index contributed by atoms with van der Waals surface area (Å²) >= 11 is 0. The quantitative estimate of drug-likeness (QED) is 0.479. The van der Waals surface area contributed by atoms with Crippen LogP contribution in [0.1, 0.15) is 33.5 Å². The number of phenols is 1. The van der Waals surface area contributed by atoms with Gasteiger partial charge < -0.3 is 21.5 Å². The second-order valence-corrected chi connectivity index (χ2v) is 8.83. The lowest BCUT2D eigenvalue weighted by molar-refractivity contribution is 0.0995. The molecule has 1 fully saturated rings. The van der Waals surface area contributed by atoms with Crippen molar-refractivity contribution in [1.82, 2.24) is 9.88 Å². The first-order valence-corrected chi connectivity index (χ1v) is 11.0. The highest BCUT2D eigenvalue weighted by Gasteiger charge is 2.25. The highest BCUT2D eigenvalue weighted by atomic mass is 19.1. The normalized spacial score (nSPS) is 17.8. The lowest BCUT2D eigenvalue weighted by atomic mass is 10.0. The molecule has 3 heterocycles. The van der Waals surface area contributed by atoms with Gasteiger partial charge in [-0.1, -0.05) is 12.1 Å². The molecule has 0 spiro atoms. The van der Waals surface area contributed by atoms with Crippen LogP contribution in [0.3, 0.4) is 0 Å². The number of carbonyl (C=O) groups excluding carboxylic acids is 1. The molecule has 0 saturated carbocycles. The van der Waals surface area contributed by atoms with Crippen molar-refractivity contribution in [3.05, 3.63) is 70.7 Å². The summed E-state index contributed by atoms with van der Waals surface area (Å²) in [4.78, 5) is 20.0. The van der Waals surface area contributed by atoms with Gasteiger partial charge in [0.1, 0.15) is 17.4 Å². The Morgan fingerprint density at radius 2 is 2.12 bits per heavy atom. The number of hydrogen-bond acceptors (Lipinski definition) is 7. The zero-order chi connectivity index (χ0) is 23.1. The van der Waals surface area contributed by atoms with Crippen molar-refractivity contribution in [2.24, 2.45) is 5.73 Å². The molecule has 2 aliphatic heterocycles. The number of nitrogens with zero attached hydrogens (tertiary/aromatic N) is 2. The monoisotopic (exact) mass is 447 g/mol. The van der Waals surface area contributed by atoms with Gasteiger partial charge >= 0.3 is 0 Å². The highest BCUT2D eigenvalue weighted by molar-refractivity contribution is 6.09. The number of pyridine rings is 1. The molecule has 5 rings (SSSR count). The lowest BCUT2D eigenvalue weighted by Gasteiger charge is -2.17. The second kappa shape index (κ2) is 8.46. The molecule has 170 valence electrons. The third kappa shape index (κ3) is 4.27. The molecule has 0 aliphatic carbocycles. The largest absolute Gasteiger partial charge is 0.508 e. The standard InChI is InChI=1S/C25H26FN5O2/c1-14-8-18(26)21(11-22(14)32)29-20-4-6-28-25-24(20)23(33)10-16-9-15(2-3-19(16)30-25)12-31-7-5-17(27)13-31/h2-4,6,8-9,11,17,32H,5,7,10,12-13,27H2,1H3,(H2,28,29,30)/t17-/m0/s1.